The second-order valence-electron chi connectivity index (χ2n) is 13.5. The molecule has 2 bridgehead atoms. The third kappa shape index (κ3) is 13.2. The summed E-state index contributed by atoms with van der Waals surface area (Å²) in [4.78, 5) is 58.5. The van der Waals surface area contributed by atoms with Crippen LogP contribution in [0.15, 0.2) is 34.2 Å². The maximum Gasteiger partial charge on any atom is 0.308 e. The zero-order valence-electron chi connectivity index (χ0n) is 34.4. The van der Waals surface area contributed by atoms with E-state index in [2.05, 4.69) is 42.7 Å². The molecule has 4 rings (SSSR count). The van der Waals surface area contributed by atoms with E-state index in [9.17, 15) is 28.0 Å². The second-order valence-corrected chi connectivity index (χ2v) is 13.5. The summed E-state index contributed by atoms with van der Waals surface area (Å²) in [6, 6.07) is 2.91. The van der Waals surface area contributed by atoms with Crippen molar-refractivity contribution in [2.45, 2.75) is 138 Å². The Morgan fingerprint density at radius 1 is 1.02 bits per heavy atom. The molecule has 1 aromatic heterocycles. The van der Waals surface area contributed by atoms with Gasteiger partial charge in [-0.3, -0.25) is 24.2 Å². The zero-order chi connectivity index (χ0) is 41.0. The highest BCUT2D eigenvalue weighted by atomic mass is 19.1. The third-order valence-corrected chi connectivity index (χ3v) is 9.75. The number of nitrogens with one attached hydrogen (secondary N) is 1. The fraction of sp³-hybridized carbons (Fsp3) is 0.634. The lowest BCUT2D eigenvalue weighted by Gasteiger charge is -2.46. The standard InChI is InChI=1S/C31H39F2N3O6.C4H9NO.C4H10.C2H6/c1-5-6-7-8-9-25(37)41-18-42-28-26-30(40)35-17-31(4,19(2)10-11-20(35)3)36(26)16-23(27(28)38)29(39)34-15-21-12-13-22(32)14-24(21)33;1-4(5-2)6-3;1-3-4-2;1-2/h12-14,16,19-20H,5-11,15,17-18H2,1-4H3,(H,34,39);1-3H3;3-4H2,1-2H3;1-2H3. The minimum absolute atomic E-state index is 0.00512. The topological polar surface area (TPSA) is 129 Å². The number of amides is 2. The number of pyridine rings is 1. The first-order valence-electron chi connectivity index (χ1n) is 19.3. The van der Waals surface area contributed by atoms with Crippen molar-refractivity contribution in [1.82, 2.24) is 14.8 Å². The number of rotatable bonds is 12. The Hall–Kier alpha value is -4.29. The molecule has 1 saturated heterocycles. The van der Waals surface area contributed by atoms with Gasteiger partial charge in [0.05, 0.1) is 12.6 Å². The lowest BCUT2D eigenvalue weighted by atomic mass is 9.82. The molecule has 3 atom stereocenters. The van der Waals surface area contributed by atoms with E-state index in [4.69, 9.17) is 9.47 Å². The predicted octanol–water partition coefficient (Wildman–Crippen LogP) is 8.41. The number of methoxy groups -OCH3 is 1. The van der Waals surface area contributed by atoms with Gasteiger partial charge >= 0.3 is 5.97 Å². The number of benzene rings is 1. The molecule has 1 N–H and O–H groups in total. The Balaban J connectivity index is 0.00000106. The van der Waals surface area contributed by atoms with Gasteiger partial charge in [-0.15, -0.1) is 0 Å². The molecule has 0 saturated carbocycles. The Morgan fingerprint density at radius 2 is 1.69 bits per heavy atom. The van der Waals surface area contributed by atoms with Crippen molar-refractivity contribution in [2.75, 3.05) is 27.5 Å². The average molecular weight is 763 g/mol. The number of hydrogen-bond acceptors (Lipinski definition) is 8. The summed E-state index contributed by atoms with van der Waals surface area (Å²) in [6.07, 6.45) is 9.36. The number of ether oxygens (including phenoxy) is 3. The van der Waals surface area contributed by atoms with Crippen LogP contribution < -0.4 is 15.5 Å². The Morgan fingerprint density at radius 3 is 2.24 bits per heavy atom. The largest absolute Gasteiger partial charge is 0.485 e. The van der Waals surface area contributed by atoms with Gasteiger partial charge in [-0.1, -0.05) is 79.7 Å². The quantitative estimate of drug-likeness (QED) is 0.0756. The number of esters is 1. The van der Waals surface area contributed by atoms with Crippen molar-refractivity contribution >= 4 is 23.7 Å². The highest BCUT2D eigenvalue weighted by molar-refractivity contribution is 5.99. The molecule has 3 heterocycles. The van der Waals surface area contributed by atoms with Crippen molar-refractivity contribution in [3.63, 3.8) is 0 Å². The number of carbonyl (C=O) groups is 3. The molecule has 0 radical (unpaired) electrons. The van der Waals surface area contributed by atoms with Crippen LogP contribution in [0.5, 0.6) is 5.75 Å². The molecule has 1 aromatic carbocycles. The maximum absolute atomic E-state index is 14.2. The Labute approximate surface area is 320 Å². The van der Waals surface area contributed by atoms with Gasteiger partial charge in [0, 0.05) is 57.4 Å². The SMILES string of the molecule is CC.CCCC.CCCCCCC(=O)OCOc1c2n(cc(C(=O)NCc3ccc(F)cc3F)c1=O)C1(C)CN(C2=O)C(C)CCC1C.CN=C(C)OC. The summed E-state index contributed by atoms with van der Waals surface area (Å²) in [6.45, 7) is 17.7. The van der Waals surface area contributed by atoms with Crippen LogP contribution in [0.25, 0.3) is 0 Å². The molecule has 0 aliphatic carbocycles. The lowest BCUT2D eigenvalue weighted by molar-refractivity contribution is -0.150. The average Bonchev–Trinajstić information content (AvgIpc) is 3.27. The summed E-state index contributed by atoms with van der Waals surface area (Å²) in [5.41, 5.74) is -1.80. The van der Waals surface area contributed by atoms with E-state index >= 15 is 0 Å². The predicted molar refractivity (Wildman–Crippen MR) is 209 cm³/mol. The normalized spacial score (nSPS) is 18.6. The van der Waals surface area contributed by atoms with Gasteiger partial charge in [0.1, 0.15) is 17.2 Å². The minimum Gasteiger partial charge on any atom is -0.485 e. The first kappa shape index (κ1) is 47.7. The Bertz CT molecular complexity index is 1590. The number of aromatic nitrogens is 1. The fourth-order valence-electron chi connectivity index (χ4n) is 5.78. The molecular formula is C41H64F2N4O7. The number of hydrogen-bond donors (Lipinski definition) is 1. The number of nitrogens with zero attached hydrogens (tertiary/aromatic N) is 3. The van der Waals surface area contributed by atoms with Gasteiger partial charge in [0.15, 0.2) is 11.6 Å². The van der Waals surface area contributed by atoms with Gasteiger partial charge in [-0.25, -0.2) is 8.78 Å². The Kier molecular flexibility index (Phi) is 21.4. The monoisotopic (exact) mass is 762 g/mol. The number of halogens is 2. The molecular weight excluding hydrogens is 698 g/mol. The van der Waals surface area contributed by atoms with Crippen LogP contribution in [0.1, 0.15) is 147 Å². The van der Waals surface area contributed by atoms with E-state index in [-0.39, 0.29) is 47.5 Å². The van der Waals surface area contributed by atoms with Gasteiger partial charge in [0.2, 0.25) is 18.0 Å². The molecule has 304 valence electrons. The molecule has 2 amide bonds. The molecule has 2 aliphatic heterocycles. The number of carbonyl (C=O) groups excluding carboxylic acids is 3. The number of fused-ring (bicyclic) bond motifs is 4. The highest BCUT2D eigenvalue weighted by Gasteiger charge is 2.48. The van der Waals surface area contributed by atoms with Crippen LogP contribution in [-0.2, 0) is 26.4 Å². The lowest BCUT2D eigenvalue weighted by Crippen LogP contribution is -2.56. The summed E-state index contributed by atoms with van der Waals surface area (Å²) in [5, 5.41) is 2.52. The van der Waals surface area contributed by atoms with Gasteiger partial charge in [-0.05, 0) is 45.1 Å². The van der Waals surface area contributed by atoms with Crippen LogP contribution >= 0.6 is 0 Å². The number of unbranched alkanes of at least 4 members (excludes halogenated alkanes) is 4. The van der Waals surface area contributed by atoms with E-state index in [1.165, 1.54) is 25.1 Å². The van der Waals surface area contributed by atoms with Crippen molar-refractivity contribution in [1.29, 1.82) is 0 Å². The van der Waals surface area contributed by atoms with Crippen LogP contribution in [0.2, 0.25) is 0 Å². The van der Waals surface area contributed by atoms with Gasteiger partial charge < -0.3 is 29.0 Å². The van der Waals surface area contributed by atoms with Crippen LogP contribution in [-0.4, -0.2) is 66.7 Å². The molecule has 13 heteroatoms. The first-order chi connectivity index (χ1) is 25.7. The van der Waals surface area contributed by atoms with Crippen molar-refractivity contribution in [3.05, 3.63) is 63.1 Å². The smallest absolute Gasteiger partial charge is 0.308 e. The van der Waals surface area contributed by atoms with E-state index < -0.39 is 47.2 Å². The summed E-state index contributed by atoms with van der Waals surface area (Å²) >= 11 is 0. The van der Waals surface area contributed by atoms with Crippen molar-refractivity contribution in [3.8, 4) is 5.75 Å². The molecule has 3 unspecified atom stereocenters. The highest BCUT2D eigenvalue weighted by Crippen LogP contribution is 2.41. The zero-order valence-corrected chi connectivity index (χ0v) is 34.4. The molecule has 2 aliphatic rings. The van der Waals surface area contributed by atoms with Crippen LogP contribution in [0.4, 0.5) is 8.78 Å². The molecule has 11 nitrogen and oxygen atoms in total. The third-order valence-electron chi connectivity index (χ3n) is 9.75. The molecule has 0 spiro atoms. The first-order valence-corrected chi connectivity index (χ1v) is 19.3. The molecule has 2 aromatic rings. The van der Waals surface area contributed by atoms with Crippen LogP contribution in [0.3, 0.4) is 0 Å². The van der Waals surface area contributed by atoms with Gasteiger partial charge in [-0.2, -0.15) is 0 Å². The number of aliphatic imine (C=N–C) groups is 1. The molecule has 1 fully saturated rings. The minimum atomic E-state index is -0.852. The summed E-state index contributed by atoms with van der Waals surface area (Å²) < 4.78 is 44.7. The van der Waals surface area contributed by atoms with Gasteiger partial charge in [0.25, 0.3) is 11.8 Å². The van der Waals surface area contributed by atoms with Crippen LogP contribution in [0, 0.1) is 17.6 Å². The van der Waals surface area contributed by atoms with E-state index in [0.717, 1.165) is 44.1 Å². The van der Waals surface area contributed by atoms with Crippen molar-refractivity contribution in [2.24, 2.45) is 10.9 Å². The summed E-state index contributed by atoms with van der Waals surface area (Å²) in [7, 11) is 3.29. The van der Waals surface area contributed by atoms with Crippen molar-refractivity contribution < 1.29 is 37.4 Å². The fourth-order valence-corrected chi connectivity index (χ4v) is 5.78. The van der Waals surface area contributed by atoms with E-state index in [1.54, 1.807) is 30.5 Å². The van der Waals surface area contributed by atoms with E-state index in [1.807, 2.05) is 27.7 Å². The molecule has 54 heavy (non-hydrogen) atoms. The maximum atomic E-state index is 14.2. The second kappa shape index (κ2) is 24.2. The summed E-state index contributed by atoms with van der Waals surface area (Å²) in [5.74, 6) is -2.90. The van der Waals surface area contributed by atoms with E-state index in [0.29, 0.717) is 19.0 Å².